The first-order valence-electron chi connectivity index (χ1n) is 10.2. The Morgan fingerprint density at radius 2 is 1.50 bits per heavy atom. The van der Waals surface area contributed by atoms with E-state index in [1.54, 1.807) is 12.1 Å². The zero-order valence-corrected chi connectivity index (χ0v) is 16.0. The molecule has 0 unspecified atom stereocenters. The van der Waals surface area contributed by atoms with Gasteiger partial charge in [0.2, 0.25) is 17.7 Å². The average Bonchev–Trinajstić information content (AvgIpc) is 2.97. The van der Waals surface area contributed by atoms with Crippen LogP contribution in [0.25, 0.3) is 0 Å². The van der Waals surface area contributed by atoms with Gasteiger partial charge in [-0.1, -0.05) is 12.8 Å². The third-order valence-electron chi connectivity index (χ3n) is 6.33. The Morgan fingerprint density at radius 3 is 2.07 bits per heavy atom. The number of anilines is 1. The highest BCUT2D eigenvalue weighted by atomic mass is 16.3. The Labute approximate surface area is 164 Å². The van der Waals surface area contributed by atoms with Crippen molar-refractivity contribution in [2.24, 2.45) is 11.8 Å². The van der Waals surface area contributed by atoms with E-state index in [-0.39, 0.29) is 48.3 Å². The second-order valence-electron chi connectivity index (χ2n) is 7.96. The van der Waals surface area contributed by atoms with Crippen molar-refractivity contribution in [2.45, 2.75) is 32.1 Å². The molecule has 2 heterocycles. The molecule has 7 nitrogen and oxygen atoms in total. The molecule has 7 heteroatoms. The fourth-order valence-electron chi connectivity index (χ4n) is 4.69. The van der Waals surface area contributed by atoms with Crippen molar-refractivity contribution >= 4 is 23.4 Å². The van der Waals surface area contributed by atoms with Crippen molar-refractivity contribution < 1.29 is 19.5 Å². The molecule has 2 aliphatic heterocycles. The van der Waals surface area contributed by atoms with Gasteiger partial charge in [0.15, 0.2) is 0 Å². The largest absolute Gasteiger partial charge is 0.508 e. The van der Waals surface area contributed by atoms with E-state index in [9.17, 15) is 19.5 Å². The molecule has 0 spiro atoms. The fraction of sp³-hybridized carbons (Fsp3) is 0.571. The van der Waals surface area contributed by atoms with E-state index in [0.717, 1.165) is 44.5 Å². The van der Waals surface area contributed by atoms with Crippen LogP contribution in [0.1, 0.15) is 32.1 Å². The van der Waals surface area contributed by atoms with Crippen molar-refractivity contribution in [2.75, 3.05) is 37.6 Å². The molecule has 0 aromatic heterocycles. The summed E-state index contributed by atoms with van der Waals surface area (Å²) in [7, 11) is 0. The van der Waals surface area contributed by atoms with Crippen LogP contribution in [0.2, 0.25) is 0 Å². The number of nitrogens with zero attached hydrogens (tertiary/aromatic N) is 3. The Balaban J connectivity index is 1.27. The summed E-state index contributed by atoms with van der Waals surface area (Å²) in [5.74, 6) is -0.195. The summed E-state index contributed by atoms with van der Waals surface area (Å²) >= 11 is 0. The minimum Gasteiger partial charge on any atom is -0.508 e. The van der Waals surface area contributed by atoms with Gasteiger partial charge < -0.3 is 14.9 Å². The van der Waals surface area contributed by atoms with E-state index < -0.39 is 0 Å². The van der Waals surface area contributed by atoms with Crippen molar-refractivity contribution in [1.82, 2.24) is 9.80 Å². The molecule has 2 saturated heterocycles. The number of benzene rings is 1. The van der Waals surface area contributed by atoms with Crippen molar-refractivity contribution in [3.05, 3.63) is 24.3 Å². The lowest BCUT2D eigenvalue weighted by Crippen LogP contribution is -2.49. The highest BCUT2D eigenvalue weighted by molar-refractivity contribution is 6.05. The molecule has 1 aliphatic carbocycles. The molecule has 3 aliphatic rings. The Bertz CT molecular complexity index is 731. The number of amides is 3. The first-order chi connectivity index (χ1) is 13.5. The smallest absolute Gasteiger partial charge is 0.233 e. The topological polar surface area (TPSA) is 81.2 Å². The summed E-state index contributed by atoms with van der Waals surface area (Å²) in [5.41, 5.74) is 1.03. The van der Waals surface area contributed by atoms with Crippen molar-refractivity contribution in [3.8, 4) is 5.75 Å². The van der Waals surface area contributed by atoms with Gasteiger partial charge in [-0.25, -0.2) is 0 Å². The van der Waals surface area contributed by atoms with Crippen LogP contribution in [-0.4, -0.2) is 65.4 Å². The second kappa shape index (κ2) is 7.81. The number of carbonyl (C=O) groups is 3. The van der Waals surface area contributed by atoms with E-state index in [1.165, 1.54) is 4.90 Å². The van der Waals surface area contributed by atoms with Crippen LogP contribution in [0.3, 0.4) is 0 Å². The number of hydrogen-bond acceptors (Lipinski definition) is 5. The van der Waals surface area contributed by atoms with Crippen LogP contribution in [0.5, 0.6) is 5.75 Å². The highest BCUT2D eigenvalue weighted by Gasteiger charge is 2.47. The molecule has 4 rings (SSSR count). The van der Waals surface area contributed by atoms with Gasteiger partial charge in [0.05, 0.1) is 11.8 Å². The number of imide groups is 1. The monoisotopic (exact) mass is 385 g/mol. The number of piperazine rings is 1. The lowest BCUT2D eigenvalue weighted by Gasteiger charge is -2.36. The summed E-state index contributed by atoms with van der Waals surface area (Å²) in [5, 5.41) is 9.40. The van der Waals surface area contributed by atoms with Gasteiger partial charge >= 0.3 is 0 Å². The van der Waals surface area contributed by atoms with Crippen LogP contribution in [-0.2, 0) is 14.4 Å². The number of aromatic hydroxyl groups is 1. The second-order valence-corrected chi connectivity index (χ2v) is 7.96. The summed E-state index contributed by atoms with van der Waals surface area (Å²) in [4.78, 5) is 43.0. The number of fused-ring (bicyclic) bond motifs is 1. The quantitative estimate of drug-likeness (QED) is 0.797. The molecule has 1 N–H and O–H groups in total. The van der Waals surface area contributed by atoms with Crippen molar-refractivity contribution in [1.29, 1.82) is 0 Å². The Hall–Kier alpha value is -2.57. The van der Waals surface area contributed by atoms with E-state index in [2.05, 4.69) is 4.90 Å². The average molecular weight is 385 g/mol. The third kappa shape index (κ3) is 3.57. The van der Waals surface area contributed by atoms with Crippen molar-refractivity contribution in [3.63, 3.8) is 0 Å². The van der Waals surface area contributed by atoms with Crippen LogP contribution >= 0.6 is 0 Å². The van der Waals surface area contributed by atoms with Gasteiger partial charge in [-0.2, -0.15) is 0 Å². The van der Waals surface area contributed by atoms with E-state index in [1.807, 2.05) is 17.0 Å². The predicted octanol–water partition coefficient (Wildman–Crippen LogP) is 1.61. The van der Waals surface area contributed by atoms with Gasteiger partial charge in [-0.3, -0.25) is 19.3 Å². The summed E-state index contributed by atoms with van der Waals surface area (Å²) in [6, 6.07) is 7.07. The fourth-order valence-corrected chi connectivity index (χ4v) is 4.69. The predicted molar refractivity (Wildman–Crippen MR) is 104 cm³/mol. The third-order valence-corrected chi connectivity index (χ3v) is 6.33. The number of hydrogen-bond donors (Lipinski definition) is 1. The normalized spacial score (nSPS) is 25.2. The summed E-state index contributed by atoms with van der Waals surface area (Å²) in [6.07, 6.45) is 3.84. The SMILES string of the molecule is O=C(CCN1C(=O)[C@H]2CCCC[C@@H]2C1=O)N1CCN(c2ccc(O)cc2)CC1. The number of likely N-dealkylation sites (tertiary alicyclic amines) is 1. The first kappa shape index (κ1) is 18.8. The number of phenolic OH excluding ortho intramolecular Hbond substituents is 1. The maximum Gasteiger partial charge on any atom is 0.233 e. The molecule has 1 aromatic rings. The molecule has 1 aromatic carbocycles. The summed E-state index contributed by atoms with van der Waals surface area (Å²) in [6.45, 7) is 2.89. The van der Waals surface area contributed by atoms with Gasteiger partial charge in [0.25, 0.3) is 0 Å². The minimum atomic E-state index is -0.148. The molecular weight excluding hydrogens is 358 g/mol. The van der Waals surface area contributed by atoms with E-state index >= 15 is 0 Å². The van der Waals surface area contributed by atoms with Crippen LogP contribution in [0, 0.1) is 11.8 Å². The van der Waals surface area contributed by atoms with Crippen LogP contribution in [0.15, 0.2) is 24.3 Å². The molecule has 2 atom stereocenters. The lowest BCUT2D eigenvalue weighted by atomic mass is 9.81. The van der Waals surface area contributed by atoms with E-state index in [4.69, 9.17) is 0 Å². The molecule has 150 valence electrons. The van der Waals surface area contributed by atoms with Gasteiger partial charge in [0, 0.05) is 44.8 Å². The zero-order valence-electron chi connectivity index (χ0n) is 16.0. The molecule has 3 fully saturated rings. The van der Waals surface area contributed by atoms with Crippen LogP contribution in [0.4, 0.5) is 5.69 Å². The molecule has 1 saturated carbocycles. The molecule has 0 bridgehead atoms. The molecule has 28 heavy (non-hydrogen) atoms. The highest BCUT2D eigenvalue weighted by Crippen LogP contribution is 2.38. The summed E-state index contributed by atoms with van der Waals surface area (Å²) < 4.78 is 0. The zero-order chi connectivity index (χ0) is 19.7. The standard InChI is InChI=1S/C21H27N3O4/c25-16-7-5-15(6-8-16)22-11-13-23(14-12-22)19(26)9-10-24-20(27)17-3-1-2-4-18(17)21(24)28/h5-8,17-18,25H,1-4,9-14H2/t17-,18-/m0/s1. The number of rotatable bonds is 4. The first-order valence-corrected chi connectivity index (χ1v) is 10.2. The Morgan fingerprint density at radius 1 is 0.929 bits per heavy atom. The Kier molecular flexibility index (Phi) is 5.24. The minimum absolute atomic E-state index is 0.000767. The lowest BCUT2D eigenvalue weighted by molar-refractivity contribution is -0.140. The molecular formula is C21H27N3O4. The number of carbonyl (C=O) groups excluding carboxylic acids is 3. The molecule has 0 radical (unpaired) electrons. The van der Waals surface area contributed by atoms with Crippen LogP contribution < -0.4 is 4.90 Å². The van der Waals surface area contributed by atoms with Gasteiger partial charge in [-0.15, -0.1) is 0 Å². The number of phenols is 1. The van der Waals surface area contributed by atoms with E-state index in [0.29, 0.717) is 13.1 Å². The van der Waals surface area contributed by atoms with Gasteiger partial charge in [0.1, 0.15) is 5.75 Å². The molecule has 3 amide bonds. The maximum atomic E-state index is 12.6. The van der Waals surface area contributed by atoms with Gasteiger partial charge in [-0.05, 0) is 37.1 Å². The maximum absolute atomic E-state index is 12.6.